The Morgan fingerprint density at radius 1 is 0.680 bits per heavy atom. The molecule has 7 aromatic rings. The van der Waals surface area contributed by atoms with E-state index in [0.29, 0.717) is 11.8 Å². The van der Waals surface area contributed by atoms with Crippen LogP contribution in [0.15, 0.2) is 116 Å². The summed E-state index contributed by atoms with van der Waals surface area (Å²) in [4.78, 5) is 9.38. The second kappa shape index (κ2) is 16.5. The van der Waals surface area contributed by atoms with Crippen molar-refractivity contribution < 1.29 is 20.1 Å². The van der Waals surface area contributed by atoms with Crippen LogP contribution in [0.3, 0.4) is 0 Å². The molecule has 5 heteroatoms. The minimum Gasteiger partial charge on any atom is -0.305 e. The van der Waals surface area contributed by atoms with E-state index < -0.39 is 8.07 Å². The summed E-state index contributed by atoms with van der Waals surface area (Å²) < 4.78 is 2.59. The van der Waals surface area contributed by atoms with Crippen LogP contribution in [0.25, 0.3) is 53.8 Å². The van der Waals surface area contributed by atoms with Crippen molar-refractivity contribution in [3.05, 3.63) is 139 Å². The van der Waals surface area contributed by atoms with E-state index in [4.69, 9.17) is 4.98 Å². The van der Waals surface area contributed by atoms with Gasteiger partial charge in [-0.25, -0.2) is 0 Å². The maximum Gasteiger partial charge on any atom is 0.0798 e. The molecule has 0 atom stereocenters. The summed E-state index contributed by atoms with van der Waals surface area (Å²) in [7, 11) is -1.34. The standard InChI is InChI=1S/C27H22NS.C18H24NSi.Ir/c1-18(2)16-19-14-15-28-25(17-19)24-13-7-12-23-22-11-6-10-21(26(22)29-27(23)24)20-8-4-3-5-9-20;1-14(2)11-16-12-17(15-9-7-6-8-10-15)19-13-18(16)20(3,4)5;/h3-12,14-15,17-18H,16H2,1-2H3;6-9,12-14H,11H2,1-5H3;/q2*-1;. The summed E-state index contributed by atoms with van der Waals surface area (Å²) >= 11 is 1.85. The third kappa shape index (κ3) is 8.76. The number of rotatable bonds is 8. The maximum atomic E-state index is 4.69. The summed E-state index contributed by atoms with van der Waals surface area (Å²) in [6.45, 7) is 16.2. The normalized spacial score (nSPS) is 11.5. The molecule has 0 spiro atoms. The third-order valence-electron chi connectivity index (χ3n) is 8.68. The SMILES string of the molecule is CC(C)Cc1cc(-c2[c-]cccc2)ncc1[Si](C)(C)C.CC(C)Cc1ccnc(-c2[c-]ccc3c2sc2c(-c4ccccc4)cccc23)c1.[Ir]. The zero-order valence-corrected chi connectivity index (χ0v) is 34.4. The van der Waals surface area contributed by atoms with E-state index in [1.165, 1.54) is 47.6 Å². The van der Waals surface area contributed by atoms with Gasteiger partial charge in [0, 0.05) is 37.2 Å². The van der Waals surface area contributed by atoms with Crippen LogP contribution in [-0.4, -0.2) is 18.0 Å². The summed E-state index contributed by atoms with van der Waals surface area (Å²) in [6.07, 6.45) is 6.24. The van der Waals surface area contributed by atoms with Crippen LogP contribution in [0.1, 0.15) is 38.8 Å². The van der Waals surface area contributed by atoms with Gasteiger partial charge in [-0.15, -0.1) is 59.7 Å². The molecule has 2 nitrogen and oxygen atoms in total. The van der Waals surface area contributed by atoms with Crippen LogP contribution >= 0.6 is 11.3 Å². The number of thiophene rings is 1. The van der Waals surface area contributed by atoms with Gasteiger partial charge in [0.1, 0.15) is 0 Å². The number of nitrogens with zero attached hydrogens (tertiary/aromatic N) is 2. The Balaban J connectivity index is 0.000000204. The smallest absolute Gasteiger partial charge is 0.0798 e. The van der Waals surface area contributed by atoms with Crippen LogP contribution in [0.4, 0.5) is 0 Å². The number of hydrogen-bond donors (Lipinski definition) is 0. The largest absolute Gasteiger partial charge is 0.305 e. The molecule has 3 heterocycles. The first kappa shape index (κ1) is 37.5. The molecule has 0 aliphatic carbocycles. The average Bonchev–Trinajstić information content (AvgIpc) is 3.48. The average molecular weight is 867 g/mol. The molecule has 0 unspecified atom stereocenters. The van der Waals surface area contributed by atoms with E-state index in [9.17, 15) is 0 Å². The van der Waals surface area contributed by atoms with Gasteiger partial charge in [0.25, 0.3) is 0 Å². The Hall–Kier alpha value is -3.73. The fourth-order valence-corrected chi connectivity index (χ4v) is 9.42. The predicted molar refractivity (Wildman–Crippen MR) is 215 cm³/mol. The summed E-state index contributed by atoms with van der Waals surface area (Å²) in [5.74, 6) is 1.29. The fraction of sp³-hybridized carbons (Fsp3) is 0.244. The molecule has 0 amide bonds. The van der Waals surface area contributed by atoms with Crippen molar-refractivity contribution in [3.63, 3.8) is 0 Å². The number of hydrogen-bond acceptors (Lipinski definition) is 3. The Morgan fingerprint density at radius 2 is 1.42 bits per heavy atom. The molecule has 257 valence electrons. The molecular weight excluding hydrogens is 821 g/mol. The second-order valence-electron chi connectivity index (χ2n) is 14.7. The second-order valence-corrected chi connectivity index (χ2v) is 20.8. The first-order valence-electron chi connectivity index (χ1n) is 17.4. The van der Waals surface area contributed by atoms with E-state index >= 15 is 0 Å². The van der Waals surface area contributed by atoms with Gasteiger partial charge in [-0.2, -0.15) is 11.3 Å². The molecule has 0 aliphatic rings. The van der Waals surface area contributed by atoms with Gasteiger partial charge in [0.05, 0.1) is 8.07 Å². The number of benzene rings is 4. The number of aromatic nitrogens is 2. The van der Waals surface area contributed by atoms with E-state index in [2.05, 4.69) is 150 Å². The van der Waals surface area contributed by atoms with Gasteiger partial charge in [-0.1, -0.05) is 125 Å². The van der Waals surface area contributed by atoms with Gasteiger partial charge in [0.15, 0.2) is 0 Å². The maximum absolute atomic E-state index is 4.69. The molecule has 0 aliphatic heterocycles. The number of pyridine rings is 2. The van der Waals surface area contributed by atoms with Crippen LogP contribution in [0.2, 0.25) is 19.6 Å². The fourth-order valence-electron chi connectivity index (χ4n) is 6.49. The minimum absolute atomic E-state index is 0. The Labute approximate surface area is 317 Å². The van der Waals surface area contributed by atoms with Crippen molar-refractivity contribution >= 4 is 44.8 Å². The van der Waals surface area contributed by atoms with Crippen LogP contribution in [0.5, 0.6) is 0 Å². The molecule has 50 heavy (non-hydrogen) atoms. The third-order valence-corrected chi connectivity index (χ3v) is 12.0. The molecular formula is C45H46IrN2SSi-2. The van der Waals surface area contributed by atoms with Gasteiger partial charge in [-0.05, 0) is 68.5 Å². The molecule has 4 aromatic carbocycles. The molecule has 1 radical (unpaired) electrons. The van der Waals surface area contributed by atoms with Gasteiger partial charge >= 0.3 is 0 Å². The van der Waals surface area contributed by atoms with Gasteiger partial charge in [0.2, 0.25) is 0 Å². The van der Waals surface area contributed by atoms with Crippen molar-refractivity contribution in [2.75, 3.05) is 0 Å². The molecule has 0 saturated heterocycles. The molecule has 0 N–H and O–H groups in total. The van der Waals surface area contributed by atoms with Crippen molar-refractivity contribution in [1.82, 2.24) is 9.97 Å². The van der Waals surface area contributed by atoms with E-state index in [1.54, 1.807) is 0 Å². The van der Waals surface area contributed by atoms with Crippen LogP contribution in [-0.2, 0) is 32.9 Å². The van der Waals surface area contributed by atoms with E-state index in [1.807, 2.05) is 41.8 Å². The molecule has 0 saturated carbocycles. The van der Waals surface area contributed by atoms with Gasteiger partial charge in [-0.3, -0.25) is 0 Å². The summed E-state index contributed by atoms with van der Waals surface area (Å²) in [5, 5.41) is 4.08. The van der Waals surface area contributed by atoms with Crippen LogP contribution < -0.4 is 5.19 Å². The first-order valence-corrected chi connectivity index (χ1v) is 21.7. The number of fused-ring (bicyclic) bond motifs is 3. The predicted octanol–water partition coefficient (Wildman–Crippen LogP) is 12.1. The van der Waals surface area contributed by atoms with Crippen molar-refractivity contribution in [3.8, 4) is 33.6 Å². The minimum atomic E-state index is -1.34. The van der Waals surface area contributed by atoms with Crippen molar-refractivity contribution in [1.29, 1.82) is 0 Å². The van der Waals surface area contributed by atoms with Crippen molar-refractivity contribution in [2.45, 2.75) is 60.2 Å². The Morgan fingerprint density at radius 3 is 2.12 bits per heavy atom. The Kier molecular flexibility index (Phi) is 12.4. The van der Waals surface area contributed by atoms with Crippen LogP contribution in [0, 0.1) is 24.0 Å². The van der Waals surface area contributed by atoms with E-state index in [0.717, 1.165) is 35.4 Å². The van der Waals surface area contributed by atoms with Crippen molar-refractivity contribution in [2.24, 2.45) is 11.8 Å². The summed E-state index contributed by atoms with van der Waals surface area (Å²) in [6, 6.07) is 42.9. The monoisotopic (exact) mass is 867 g/mol. The van der Waals surface area contributed by atoms with E-state index in [-0.39, 0.29) is 20.1 Å². The summed E-state index contributed by atoms with van der Waals surface area (Å²) in [5.41, 5.74) is 9.60. The zero-order chi connectivity index (χ0) is 34.5. The van der Waals surface area contributed by atoms with Gasteiger partial charge < -0.3 is 9.97 Å². The zero-order valence-electron chi connectivity index (χ0n) is 30.2. The molecule has 3 aromatic heterocycles. The molecule has 0 bridgehead atoms. The quantitative estimate of drug-likeness (QED) is 0.112. The topological polar surface area (TPSA) is 25.8 Å². The molecule has 7 rings (SSSR count). The first-order chi connectivity index (χ1) is 23.6. The molecule has 0 fully saturated rings. The Bertz CT molecular complexity index is 2170.